The van der Waals surface area contributed by atoms with Crippen LogP contribution in [-0.4, -0.2) is 70.5 Å². The van der Waals surface area contributed by atoms with Gasteiger partial charge in [0.15, 0.2) is 0 Å². The molecule has 0 spiro atoms. The van der Waals surface area contributed by atoms with Gasteiger partial charge in [0, 0.05) is 19.5 Å². The molecule has 3 rings (SSSR count). The highest BCUT2D eigenvalue weighted by molar-refractivity contribution is 5.84. The van der Waals surface area contributed by atoms with E-state index >= 15 is 0 Å². The zero-order valence-corrected chi connectivity index (χ0v) is 25.8. The van der Waals surface area contributed by atoms with Crippen molar-refractivity contribution in [1.82, 2.24) is 10.2 Å². The second-order valence-electron chi connectivity index (χ2n) is 12.9. The molecular formula is C34H56N2O5. The lowest BCUT2D eigenvalue weighted by atomic mass is 9.82. The Morgan fingerprint density at radius 1 is 0.976 bits per heavy atom. The van der Waals surface area contributed by atoms with Crippen LogP contribution in [0.4, 0.5) is 0 Å². The number of nitrogens with zero attached hydrogens (tertiary/aromatic N) is 1. The molecule has 0 unspecified atom stereocenters. The summed E-state index contributed by atoms with van der Waals surface area (Å²) in [6.45, 7) is 7.57. The number of hydrogen-bond donors (Lipinski definition) is 3. The molecule has 3 N–H and O–H groups in total. The van der Waals surface area contributed by atoms with E-state index in [1.165, 1.54) is 6.42 Å². The molecule has 1 aromatic carbocycles. The van der Waals surface area contributed by atoms with Gasteiger partial charge in [0.1, 0.15) is 18.3 Å². The average molecular weight is 573 g/mol. The summed E-state index contributed by atoms with van der Waals surface area (Å²) in [5, 5.41) is 25.2. The van der Waals surface area contributed by atoms with Crippen LogP contribution in [0.15, 0.2) is 30.3 Å². The van der Waals surface area contributed by atoms with E-state index in [1.54, 1.807) is 0 Å². The van der Waals surface area contributed by atoms with Crippen molar-refractivity contribution in [2.45, 2.75) is 141 Å². The molecule has 1 heterocycles. The maximum absolute atomic E-state index is 13.9. The Morgan fingerprint density at radius 3 is 2.27 bits per heavy atom. The van der Waals surface area contributed by atoms with E-state index in [-0.39, 0.29) is 17.7 Å². The molecule has 1 aliphatic heterocycles. The van der Waals surface area contributed by atoms with E-state index in [0.29, 0.717) is 31.6 Å². The first-order valence-corrected chi connectivity index (χ1v) is 16.4. The summed E-state index contributed by atoms with van der Waals surface area (Å²) in [4.78, 5) is 29.5. The number of ether oxygens (including phenoxy) is 1. The summed E-state index contributed by atoms with van der Waals surface area (Å²) in [5.74, 6) is 0.302. The Kier molecular flexibility index (Phi) is 14.6. The SMILES string of the molecule is CCCC[C@H](O[C@@H](Cc1ccccc1)C(=O)N1CCCCC1)C(=O)N[C@@H](CC1CCCCC1)[C@@H](O)[C@@H](O)CC(C)C. The third-order valence-electron chi connectivity index (χ3n) is 8.81. The maximum Gasteiger partial charge on any atom is 0.252 e. The Bertz CT molecular complexity index is 882. The minimum Gasteiger partial charge on any atom is -0.390 e. The van der Waals surface area contributed by atoms with Crippen molar-refractivity contribution in [2.75, 3.05) is 13.1 Å². The van der Waals surface area contributed by atoms with E-state index in [4.69, 9.17) is 4.74 Å². The minimum absolute atomic E-state index is 0.0472. The highest BCUT2D eigenvalue weighted by Crippen LogP contribution is 2.29. The third kappa shape index (κ3) is 11.3. The molecule has 5 atom stereocenters. The molecular weight excluding hydrogens is 516 g/mol. The fraction of sp³-hybridized carbons (Fsp3) is 0.765. The van der Waals surface area contributed by atoms with Crippen LogP contribution in [0.25, 0.3) is 0 Å². The summed E-state index contributed by atoms with van der Waals surface area (Å²) in [7, 11) is 0. The van der Waals surface area contributed by atoms with Crippen molar-refractivity contribution in [3.8, 4) is 0 Å². The first kappa shape index (κ1) is 33.5. The van der Waals surface area contributed by atoms with Gasteiger partial charge in [0.05, 0.1) is 12.1 Å². The number of rotatable bonds is 16. The first-order chi connectivity index (χ1) is 19.8. The summed E-state index contributed by atoms with van der Waals surface area (Å²) < 4.78 is 6.48. The Hall–Kier alpha value is -1.96. The molecule has 232 valence electrons. The van der Waals surface area contributed by atoms with Gasteiger partial charge in [0.25, 0.3) is 5.91 Å². The second-order valence-corrected chi connectivity index (χ2v) is 12.9. The van der Waals surface area contributed by atoms with Crippen molar-refractivity contribution in [3.63, 3.8) is 0 Å². The number of amides is 2. The van der Waals surface area contributed by atoms with Crippen LogP contribution < -0.4 is 5.32 Å². The van der Waals surface area contributed by atoms with Gasteiger partial charge in [-0.05, 0) is 55.9 Å². The largest absolute Gasteiger partial charge is 0.390 e. The van der Waals surface area contributed by atoms with Gasteiger partial charge < -0.3 is 25.2 Å². The van der Waals surface area contributed by atoms with Gasteiger partial charge in [0.2, 0.25) is 5.91 Å². The highest BCUT2D eigenvalue weighted by Gasteiger charge is 2.35. The molecule has 2 fully saturated rings. The number of carbonyl (C=O) groups excluding carboxylic acids is 2. The quantitative estimate of drug-likeness (QED) is 0.246. The van der Waals surface area contributed by atoms with Crippen molar-refractivity contribution >= 4 is 11.8 Å². The first-order valence-electron chi connectivity index (χ1n) is 16.4. The number of hydrogen-bond acceptors (Lipinski definition) is 5. The molecule has 7 heteroatoms. The lowest BCUT2D eigenvalue weighted by Crippen LogP contribution is -2.54. The molecule has 41 heavy (non-hydrogen) atoms. The van der Waals surface area contributed by atoms with Crippen molar-refractivity contribution in [3.05, 3.63) is 35.9 Å². The highest BCUT2D eigenvalue weighted by atomic mass is 16.5. The third-order valence-corrected chi connectivity index (χ3v) is 8.81. The molecule has 1 saturated heterocycles. The predicted octanol–water partition coefficient (Wildman–Crippen LogP) is 5.41. The standard InChI is InChI=1S/C34H56N2O5/c1-4-5-19-30(41-31(24-27-17-11-7-12-18-27)34(40)36-20-13-8-14-21-36)33(39)35-28(23-26-15-9-6-10-16-26)32(38)29(37)22-25(2)3/h7,11-12,17-18,25-26,28-32,37-38H,4-6,8-10,13-16,19-24H2,1-3H3,(H,35,39)/t28-,29-,30-,31-,32+/m0/s1. The summed E-state index contributed by atoms with van der Waals surface area (Å²) >= 11 is 0. The molecule has 2 amide bonds. The van der Waals surface area contributed by atoms with Gasteiger partial charge in [-0.25, -0.2) is 0 Å². The molecule has 1 aliphatic carbocycles. The van der Waals surface area contributed by atoms with E-state index in [0.717, 1.165) is 76.4 Å². The minimum atomic E-state index is -1.05. The molecule has 2 aliphatic rings. The van der Waals surface area contributed by atoms with Crippen LogP contribution in [0.3, 0.4) is 0 Å². The monoisotopic (exact) mass is 572 g/mol. The number of aliphatic hydroxyl groups excluding tert-OH is 2. The molecule has 1 saturated carbocycles. The Labute approximate surface area is 248 Å². The van der Waals surface area contributed by atoms with Crippen molar-refractivity contribution in [1.29, 1.82) is 0 Å². The Balaban J connectivity index is 1.79. The fourth-order valence-corrected chi connectivity index (χ4v) is 6.42. The van der Waals surface area contributed by atoms with Crippen molar-refractivity contribution < 1.29 is 24.5 Å². The van der Waals surface area contributed by atoms with Crippen LogP contribution in [-0.2, 0) is 20.7 Å². The molecule has 7 nitrogen and oxygen atoms in total. The van der Waals surface area contributed by atoms with Crippen LogP contribution in [0.2, 0.25) is 0 Å². The van der Waals surface area contributed by atoms with Crippen molar-refractivity contribution in [2.24, 2.45) is 11.8 Å². The van der Waals surface area contributed by atoms with E-state index in [2.05, 4.69) is 12.2 Å². The zero-order chi connectivity index (χ0) is 29.6. The number of piperidine rings is 1. The maximum atomic E-state index is 13.9. The molecule has 1 aromatic rings. The van der Waals surface area contributed by atoms with Crippen LogP contribution in [0.5, 0.6) is 0 Å². The number of aliphatic hydroxyl groups is 2. The van der Waals surface area contributed by atoms with Gasteiger partial charge in [-0.15, -0.1) is 0 Å². The van der Waals surface area contributed by atoms with Gasteiger partial charge in [-0.2, -0.15) is 0 Å². The summed E-state index contributed by atoms with van der Waals surface area (Å²) in [6, 6.07) is 9.30. The lowest BCUT2D eigenvalue weighted by molar-refractivity contribution is -0.155. The van der Waals surface area contributed by atoms with Gasteiger partial charge >= 0.3 is 0 Å². The normalized spacial score (nSPS) is 20.3. The molecule has 0 aromatic heterocycles. The summed E-state index contributed by atoms with van der Waals surface area (Å²) in [6.07, 6.45) is 9.02. The Morgan fingerprint density at radius 2 is 1.63 bits per heavy atom. The van der Waals surface area contributed by atoms with Gasteiger partial charge in [-0.1, -0.05) is 96.0 Å². The topological polar surface area (TPSA) is 99.1 Å². The average Bonchev–Trinajstić information content (AvgIpc) is 2.98. The number of unbranched alkanes of at least 4 members (excludes halogenated alkanes) is 1. The van der Waals surface area contributed by atoms with Gasteiger partial charge in [-0.3, -0.25) is 9.59 Å². The predicted molar refractivity (Wildman–Crippen MR) is 163 cm³/mol. The van der Waals surface area contributed by atoms with Crippen LogP contribution >= 0.6 is 0 Å². The van der Waals surface area contributed by atoms with E-state index in [9.17, 15) is 19.8 Å². The van der Waals surface area contributed by atoms with Crippen LogP contribution in [0.1, 0.15) is 110 Å². The summed E-state index contributed by atoms with van der Waals surface area (Å²) in [5.41, 5.74) is 1.000. The van der Waals surface area contributed by atoms with E-state index in [1.807, 2.05) is 49.1 Å². The number of carbonyl (C=O) groups is 2. The van der Waals surface area contributed by atoms with Crippen LogP contribution in [0, 0.1) is 11.8 Å². The number of likely N-dealkylation sites (tertiary alicyclic amines) is 1. The molecule has 0 radical (unpaired) electrons. The molecule has 0 bridgehead atoms. The number of nitrogens with one attached hydrogen (secondary N) is 1. The second kappa shape index (κ2) is 17.9. The van der Waals surface area contributed by atoms with E-state index < -0.39 is 30.5 Å². The lowest BCUT2D eigenvalue weighted by Gasteiger charge is -2.35. The smallest absolute Gasteiger partial charge is 0.252 e. The zero-order valence-electron chi connectivity index (χ0n) is 25.8. The fourth-order valence-electron chi connectivity index (χ4n) is 6.42. The number of benzene rings is 1.